The fourth-order valence-electron chi connectivity index (χ4n) is 5.17. The molecule has 0 unspecified atom stereocenters. The molecule has 0 spiro atoms. The molecule has 2 heterocycles. The predicted octanol–water partition coefficient (Wildman–Crippen LogP) is 6.87. The summed E-state index contributed by atoms with van der Waals surface area (Å²) in [6.07, 6.45) is -7.35. The summed E-state index contributed by atoms with van der Waals surface area (Å²) in [6.45, 7) is 1.06. The minimum absolute atomic E-state index is 0.0726. The number of benzene rings is 2. The van der Waals surface area contributed by atoms with Crippen LogP contribution in [0.5, 0.6) is 5.75 Å². The molecule has 42 heavy (non-hydrogen) atoms. The highest BCUT2D eigenvalue weighted by Gasteiger charge is 2.37. The number of aliphatic hydroxyl groups is 2. The van der Waals surface area contributed by atoms with E-state index in [1.165, 1.54) is 13.3 Å². The molecule has 1 saturated heterocycles. The molecule has 1 aliphatic heterocycles. The van der Waals surface area contributed by atoms with Crippen LogP contribution in [0.3, 0.4) is 0 Å². The number of alkyl halides is 6. The Hall–Kier alpha value is -3.04. The van der Waals surface area contributed by atoms with Crippen LogP contribution in [0, 0.1) is 17.3 Å². The highest BCUT2D eigenvalue weighted by molar-refractivity contribution is 6.32. The topological polar surface area (TPSA) is 65.8 Å². The summed E-state index contributed by atoms with van der Waals surface area (Å²) in [7, 11) is 1.53. The molecular weight excluding hydrogens is 586 g/mol. The Labute approximate surface area is 244 Å². The number of rotatable bonds is 7. The van der Waals surface area contributed by atoms with E-state index in [0.717, 1.165) is 0 Å². The lowest BCUT2D eigenvalue weighted by Gasteiger charge is -2.40. The van der Waals surface area contributed by atoms with Crippen LogP contribution >= 0.6 is 11.6 Å². The van der Waals surface area contributed by atoms with Crippen LogP contribution in [0.1, 0.15) is 54.0 Å². The zero-order valence-corrected chi connectivity index (χ0v) is 23.4. The van der Waals surface area contributed by atoms with E-state index in [2.05, 4.69) is 16.8 Å². The normalized spacial score (nSPS) is 16.6. The fraction of sp³-hybridized carbons (Fsp3) is 0.433. The van der Waals surface area contributed by atoms with Crippen molar-refractivity contribution in [2.24, 2.45) is 5.41 Å². The third kappa shape index (κ3) is 7.48. The highest BCUT2D eigenvalue weighted by Crippen LogP contribution is 2.41. The standard InChI is InChI=1S/C30H29ClF6N2O3/c1-42-22-4-5-25-23(16-22)27(24(31)17-38-25)26(41)6-7-28(18-40)8-11-39(12-9-28)10-2-3-19-13-20(29(32,33)34)15-21(14-19)30(35,36)37/h4-5,13-17,26,40-41H,6-12,18H2,1H3/t26-/m0/s1. The molecule has 5 nitrogen and oxygen atoms in total. The molecule has 12 heteroatoms. The largest absolute Gasteiger partial charge is 0.497 e. The lowest BCUT2D eigenvalue weighted by atomic mass is 9.74. The minimum atomic E-state index is -4.94. The number of aromatic nitrogens is 1. The zero-order valence-electron chi connectivity index (χ0n) is 22.6. The molecule has 226 valence electrons. The van der Waals surface area contributed by atoms with Gasteiger partial charge in [0.25, 0.3) is 0 Å². The number of methoxy groups -OCH3 is 1. The summed E-state index contributed by atoms with van der Waals surface area (Å²) in [5.74, 6) is 5.72. The number of pyridine rings is 1. The van der Waals surface area contributed by atoms with Crippen molar-refractivity contribution < 1.29 is 41.3 Å². The molecule has 2 aromatic carbocycles. The number of aliphatic hydroxyl groups excluding tert-OH is 2. The van der Waals surface area contributed by atoms with Crippen molar-refractivity contribution in [3.63, 3.8) is 0 Å². The molecule has 0 saturated carbocycles. The molecule has 0 bridgehead atoms. The first-order valence-electron chi connectivity index (χ1n) is 13.2. The van der Waals surface area contributed by atoms with Gasteiger partial charge in [-0.2, -0.15) is 26.3 Å². The third-order valence-electron chi connectivity index (χ3n) is 7.72. The van der Waals surface area contributed by atoms with Crippen molar-refractivity contribution in [3.8, 4) is 17.6 Å². The van der Waals surface area contributed by atoms with E-state index in [1.807, 2.05) is 4.90 Å². The van der Waals surface area contributed by atoms with E-state index < -0.39 is 35.0 Å². The summed E-state index contributed by atoms with van der Waals surface area (Å²) in [4.78, 5) is 6.23. The molecule has 0 amide bonds. The van der Waals surface area contributed by atoms with Gasteiger partial charge in [0.1, 0.15) is 5.75 Å². The van der Waals surface area contributed by atoms with E-state index >= 15 is 0 Å². The first kappa shape index (κ1) is 31.9. The van der Waals surface area contributed by atoms with Gasteiger partial charge in [-0.05, 0) is 80.6 Å². The van der Waals surface area contributed by atoms with Crippen molar-refractivity contribution >= 4 is 22.5 Å². The fourth-order valence-corrected chi connectivity index (χ4v) is 5.45. The number of ether oxygens (including phenoxy) is 1. The second-order valence-electron chi connectivity index (χ2n) is 10.5. The average molecular weight is 615 g/mol. The Morgan fingerprint density at radius 2 is 1.69 bits per heavy atom. The summed E-state index contributed by atoms with van der Waals surface area (Å²) in [6, 6.07) is 6.58. The van der Waals surface area contributed by atoms with Crippen molar-refractivity contribution in [2.45, 2.75) is 44.1 Å². The van der Waals surface area contributed by atoms with E-state index in [9.17, 15) is 36.6 Å². The molecule has 1 aliphatic rings. The number of piperidine rings is 1. The molecule has 0 aliphatic carbocycles. The van der Waals surface area contributed by atoms with E-state index in [4.69, 9.17) is 16.3 Å². The molecule has 0 radical (unpaired) electrons. The number of likely N-dealkylation sites (tertiary alicyclic amines) is 1. The smallest absolute Gasteiger partial charge is 0.416 e. The molecule has 4 rings (SSSR count). The lowest BCUT2D eigenvalue weighted by Crippen LogP contribution is -2.42. The maximum Gasteiger partial charge on any atom is 0.416 e. The minimum Gasteiger partial charge on any atom is -0.497 e. The molecule has 1 aromatic heterocycles. The molecular formula is C30H29ClF6N2O3. The van der Waals surface area contributed by atoms with Gasteiger partial charge in [0.2, 0.25) is 0 Å². The molecule has 1 atom stereocenters. The predicted molar refractivity (Wildman–Crippen MR) is 146 cm³/mol. The Balaban J connectivity index is 1.40. The van der Waals surface area contributed by atoms with Gasteiger partial charge < -0.3 is 14.9 Å². The Kier molecular flexibility index (Phi) is 9.62. The second-order valence-corrected chi connectivity index (χ2v) is 10.9. The van der Waals surface area contributed by atoms with Crippen LogP contribution in [0.25, 0.3) is 10.9 Å². The van der Waals surface area contributed by atoms with Crippen LogP contribution in [-0.2, 0) is 12.4 Å². The van der Waals surface area contributed by atoms with Crippen molar-refractivity contribution in [3.05, 3.63) is 69.9 Å². The number of hydrogen-bond acceptors (Lipinski definition) is 5. The number of hydrogen-bond donors (Lipinski definition) is 2. The van der Waals surface area contributed by atoms with Crippen molar-refractivity contribution in [1.82, 2.24) is 9.88 Å². The Bertz CT molecular complexity index is 1440. The van der Waals surface area contributed by atoms with Gasteiger partial charge in [-0.25, -0.2) is 0 Å². The second kappa shape index (κ2) is 12.7. The van der Waals surface area contributed by atoms with Crippen LogP contribution in [-0.4, -0.2) is 53.4 Å². The summed E-state index contributed by atoms with van der Waals surface area (Å²) in [5.41, 5.74) is -2.47. The highest BCUT2D eigenvalue weighted by atomic mass is 35.5. The van der Waals surface area contributed by atoms with Crippen LogP contribution in [0.2, 0.25) is 5.02 Å². The quantitative estimate of drug-likeness (QED) is 0.225. The van der Waals surface area contributed by atoms with Crippen LogP contribution in [0.4, 0.5) is 26.3 Å². The lowest BCUT2D eigenvalue weighted by molar-refractivity contribution is -0.143. The van der Waals surface area contributed by atoms with Crippen LogP contribution < -0.4 is 4.74 Å². The van der Waals surface area contributed by atoms with Gasteiger partial charge in [-0.3, -0.25) is 9.88 Å². The van der Waals surface area contributed by atoms with E-state index in [0.29, 0.717) is 78.1 Å². The van der Waals surface area contributed by atoms with Gasteiger partial charge in [0, 0.05) is 29.3 Å². The van der Waals surface area contributed by atoms with Gasteiger partial charge in [0.15, 0.2) is 0 Å². The summed E-state index contributed by atoms with van der Waals surface area (Å²) >= 11 is 6.41. The number of nitrogens with zero attached hydrogens (tertiary/aromatic N) is 2. The van der Waals surface area contributed by atoms with Crippen molar-refractivity contribution in [1.29, 1.82) is 0 Å². The first-order valence-corrected chi connectivity index (χ1v) is 13.5. The monoisotopic (exact) mass is 614 g/mol. The van der Waals surface area contributed by atoms with Gasteiger partial charge in [-0.1, -0.05) is 23.4 Å². The van der Waals surface area contributed by atoms with Gasteiger partial charge in [0.05, 0.1) is 41.4 Å². The maximum atomic E-state index is 13.1. The molecule has 2 N–H and O–H groups in total. The van der Waals surface area contributed by atoms with Crippen LogP contribution in [0.15, 0.2) is 42.6 Å². The van der Waals surface area contributed by atoms with Gasteiger partial charge >= 0.3 is 12.4 Å². The Morgan fingerprint density at radius 3 is 2.26 bits per heavy atom. The summed E-state index contributed by atoms with van der Waals surface area (Å²) in [5, 5.41) is 22.4. The maximum absolute atomic E-state index is 13.1. The van der Waals surface area contributed by atoms with E-state index in [1.54, 1.807) is 18.2 Å². The van der Waals surface area contributed by atoms with Crippen molar-refractivity contribution in [2.75, 3.05) is 33.4 Å². The number of halogens is 7. The molecule has 3 aromatic rings. The van der Waals surface area contributed by atoms with Gasteiger partial charge in [-0.15, -0.1) is 0 Å². The average Bonchev–Trinajstić information content (AvgIpc) is 2.95. The number of fused-ring (bicyclic) bond motifs is 1. The summed E-state index contributed by atoms with van der Waals surface area (Å²) < 4.78 is 84.0. The molecule has 1 fully saturated rings. The zero-order chi connectivity index (χ0) is 30.7. The first-order chi connectivity index (χ1) is 19.7. The third-order valence-corrected chi connectivity index (χ3v) is 8.03. The van der Waals surface area contributed by atoms with E-state index in [-0.39, 0.29) is 24.8 Å². The Morgan fingerprint density at radius 1 is 1.05 bits per heavy atom. The SMILES string of the molecule is COc1ccc2ncc(Cl)c([C@@H](O)CCC3(CO)CCN(CC#Cc4cc(C(F)(F)F)cc(C(F)(F)F)c4)CC3)c2c1.